The van der Waals surface area contributed by atoms with Crippen molar-refractivity contribution >= 4 is 5.91 Å². The Morgan fingerprint density at radius 3 is 3.06 bits per heavy atom. The Bertz CT molecular complexity index is 437. The molecule has 0 aliphatic heterocycles. The van der Waals surface area contributed by atoms with Crippen molar-refractivity contribution in [2.24, 2.45) is 0 Å². The molecular weight excluding hydrogens is 230 g/mol. The van der Waals surface area contributed by atoms with Gasteiger partial charge in [-0.25, -0.2) is 0 Å². The Balaban J connectivity index is 1.67. The number of nitrogens with one attached hydrogen (secondary N) is 1. The first-order valence-corrected chi connectivity index (χ1v) is 6.48. The van der Waals surface area contributed by atoms with Gasteiger partial charge in [0.25, 0.3) is 0 Å². The summed E-state index contributed by atoms with van der Waals surface area (Å²) in [6.07, 6.45) is 8.39. The molecule has 1 N–H and O–H groups in total. The summed E-state index contributed by atoms with van der Waals surface area (Å²) < 4.78 is 4.81. The smallest absolute Gasteiger partial charge is 0.227 e. The zero-order valence-corrected chi connectivity index (χ0v) is 10.7. The molecule has 5 nitrogen and oxygen atoms in total. The van der Waals surface area contributed by atoms with Crippen LogP contribution in [0, 0.1) is 6.92 Å². The van der Waals surface area contributed by atoms with Crippen molar-refractivity contribution < 1.29 is 9.32 Å². The van der Waals surface area contributed by atoms with Crippen LogP contribution in [-0.2, 0) is 11.2 Å². The van der Waals surface area contributed by atoms with E-state index in [9.17, 15) is 4.79 Å². The minimum Gasteiger partial charge on any atom is -0.355 e. The van der Waals surface area contributed by atoms with Crippen LogP contribution in [0.5, 0.6) is 0 Å². The summed E-state index contributed by atoms with van der Waals surface area (Å²) in [6, 6.07) is 0. The second kappa shape index (κ2) is 6.33. The van der Waals surface area contributed by atoms with Gasteiger partial charge in [-0.2, -0.15) is 4.98 Å². The van der Waals surface area contributed by atoms with Crippen molar-refractivity contribution in [1.29, 1.82) is 0 Å². The van der Waals surface area contributed by atoms with Gasteiger partial charge in [0.1, 0.15) is 0 Å². The number of aryl methyl sites for hydroxylation is 1. The van der Waals surface area contributed by atoms with E-state index < -0.39 is 0 Å². The Morgan fingerprint density at radius 2 is 2.39 bits per heavy atom. The molecule has 0 fully saturated rings. The lowest BCUT2D eigenvalue weighted by molar-refractivity contribution is -0.120. The fourth-order valence-corrected chi connectivity index (χ4v) is 2.11. The molecular formula is C13H19N3O2. The predicted molar refractivity (Wildman–Crippen MR) is 66.9 cm³/mol. The molecule has 0 atom stereocenters. The van der Waals surface area contributed by atoms with Crippen molar-refractivity contribution in [3.05, 3.63) is 23.4 Å². The van der Waals surface area contributed by atoms with E-state index in [1.54, 1.807) is 6.92 Å². The standard InChI is InChI=1S/C13H19N3O2/c1-10-15-12(16-18-10)9-13(17)14-8-7-11-5-3-2-4-6-11/h5H,2-4,6-9H2,1H3,(H,14,17). The number of carbonyl (C=O) groups is 1. The summed E-state index contributed by atoms with van der Waals surface area (Å²) in [5.41, 5.74) is 1.47. The normalized spacial score (nSPS) is 15.3. The van der Waals surface area contributed by atoms with Gasteiger partial charge in [0.15, 0.2) is 5.82 Å². The van der Waals surface area contributed by atoms with Gasteiger partial charge in [0, 0.05) is 13.5 Å². The molecule has 1 aromatic rings. The fourth-order valence-electron chi connectivity index (χ4n) is 2.11. The summed E-state index contributed by atoms with van der Waals surface area (Å²) >= 11 is 0. The molecule has 98 valence electrons. The number of rotatable bonds is 5. The van der Waals surface area contributed by atoms with Crippen LogP contribution in [0.2, 0.25) is 0 Å². The zero-order valence-electron chi connectivity index (χ0n) is 10.7. The average Bonchev–Trinajstić information content (AvgIpc) is 2.76. The third-order valence-corrected chi connectivity index (χ3v) is 3.04. The largest absolute Gasteiger partial charge is 0.355 e. The maximum atomic E-state index is 11.6. The minimum absolute atomic E-state index is 0.0489. The minimum atomic E-state index is -0.0489. The number of carbonyl (C=O) groups excluding carboxylic acids is 1. The van der Waals surface area contributed by atoms with Crippen LogP contribution < -0.4 is 5.32 Å². The summed E-state index contributed by atoms with van der Waals surface area (Å²) in [7, 11) is 0. The molecule has 2 rings (SSSR count). The lowest BCUT2D eigenvalue weighted by Crippen LogP contribution is -2.26. The number of nitrogens with zero attached hydrogens (tertiary/aromatic N) is 2. The summed E-state index contributed by atoms with van der Waals surface area (Å²) in [5.74, 6) is 0.888. The second-order valence-corrected chi connectivity index (χ2v) is 4.61. The van der Waals surface area contributed by atoms with Gasteiger partial charge < -0.3 is 9.84 Å². The van der Waals surface area contributed by atoms with E-state index in [1.807, 2.05) is 0 Å². The Kier molecular flexibility index (Phi) is 4.50. The molecule has 0 spiro atoms. The van der Waals surface area contributed by atoms with Crippen molar-refractivity contribution in [3.63, 3.8) is 0 Å². The molecule has 1 amide bonds. The Labute approximate surface area is 107 Å². The SMILES string of the molecule is Cc1nc(CC(=O)NCCC2=CCCCC2)no1. The molecule has 1 aliphatic rings. The number of hydrogen-bond acceptors (Lipinski definition) is 4. The molecule has 0 saturated carbocycles. The maximum Gasteiger partial charge on any atom is 0.227 e. The van der Waals surface area contributed by atoms with Crippen molar-refractivity contribution in [2.45, 2.75) is 45.4 Å². The third-order valence-electron chi connectivity index (χ3n) is 3.04. The quantitative estimate of drug-likeness (QED) is 0.810. The first kappa shape index (κ1) is 12.8. The lowest BCUT2D eigenvalue weighted by atomic mass is 9.97. The van der Waals surface area contributed by atoms with Gasteiger partial charge in [-0.05, 0) is 32.1 Å². The second-order valence-electron chi connectivity index (χ2n) is 4.61. The molecule has 1 aliphatic carbocycles. The van der Waals surface area contributed by atoms with Gasteiger partial charge in [0.05, 0.1) is 6.42 Å². The summed E-state index contributed by atoms with van der Waals surface area (Å²) in [5, 5.41) is 6.58. The van der Waals surface area contributed by atoms with Crippen molar-refractivity contribution in [3.8, 4) is 0 Å². The van der Waals surface area contributed by atoms with Crippen LogP contribution in [0.3, 0.4) is 0 Å². The van der Waals surface area contributed by atoms with Crippen molar-refractivity contribution in [2.75, 3.05) is 6.54 Å². The van der Waals surface area contributed by atoms with Gasteiger partial charge in [-0.3, -0.25) is 4.79 Å². The van der Waals surface area contributed by atoms with Gasteiger partial charge in [-0.1, -0.05) is 16.8 Å². The number of aromatic nitrogens is 2. The molecule has 1 aromatic heterocycles. The number of amides is 1. The van der Waals surface area contributed by atoms with E-state index in [-0.39, 0.29) is 12.3 Å². The lowest BCUT2D eigenvalue weighted by Gasteiger charge is -2.12. The first-order valence-electron chi connectivity index (χ1n) is 6.48. The molecule has 5 heteroatoms. The predicted octanol–water partition coefficient (Wildman–Crippen LogP) is 1.93. The molecule has 18 heavy (non-hydrogen) atoms. The van der Waals surface area contributed by atoms with Crippen LogP contribution in [0.15, 0.2) is 16.2 Å². The zero-order chi connectivity index (χ0) is 12.8. The highest BCUT2D eigenvalue weighted by Gasteiger charge is 2.09. The van der Waals surface area contributed by atoms with Crippen LogP contribution in [0.4, 0.5) is 0 Å². The molecule has 0 unspecified atom stereocenters. The topological polar surface area (TPSA) is 68.0 Å². The van der Waals surface area contributed by atoms with Gasteiger partial charge >= 0.3 is 0 Å². The molecule has 1 heterocycles. The first-order chi connectivity index (χ1) is 8.74. The van der Waals surface area contributed by atoms with Crippen LogP contribution >= 0.6 is 0 Å². The highest BCUT2D eigenvalue weighted by atomic mass is 16.5. The number of hydrogen-bond donors (Lipinski definition) is 1. The van der Waals surface area contributed by atoms with E-state index >= 15 is 0 Å². The Hall–Kier alpha value is -1.65. The fraction of sp³-hybridized carbons (Fsp3) is 0.615. The van der Waals surface area contributed by atoms with Crippen LogP contribution in [-0.4, -0.2) is 22.6 Å². The molecule has 0 saturated heterocycles. The van der Waals surface area contributed by atoms with Crippen LogP contribution in [0.1, 0.15) is 43.8 Å². The Morgan fingerprint density at radius 1 is 1.50 bits per heavy atom. The van der Waals surface area contributed by atoms with E-state index in [1.165, 1.54) is 31.3 Å². The summed E-state index contributed by atoms with van der Waals surface area (Å²) in [4.78, 5) is 15.6. The third kappa shape index (κ3) is 3.98. The average molecular weight is 249 g/mol. The maximum absolute atomic E-state index is 11.6. The highest BCUT2D eigenvalue weighted by Crippen LogP contribution is 2.19. The van der Waals surface area contributed by atoms with Crippen LogP contribution in [0.25, 0.3) is 0 Å². The molecule has 0 bridgehead atoms. The molecule has 0 aromatic carbocycles. The highest BCUT2D eigenvalue weighted by molar-refractivity contribution is 5.77. The van der Waals surface area contributed by atoms with Crippen molar-refractivity contribution in [1.82, 2.24) is 15.5 Å². The van der Waals surface area contributed by atoms with E-state index in [4.69, 9.17) is 4.52 Å². The molecule has 0 radical (unpaired) electrons. The monoisotopic (exact) mass is 249 g/mol. The van der Waals surface area contributed by atoms with E-state index in [0.29, 0.717) is 18.3 Å². The van der Waals surface area contributed by atoms with Gasteiger partial charge in [-0.15, -0.1) is 0 Å². The van der Waals surface area contributed by atoms with E-state index in [2.05, 4.69) is 21.5 Å². The number of allylic oxidation sites excluding steroid dienone is 1. The van der Waals surface area contributed by atoms with Gasteiger partial charge in [0.2, 0.25) is 11.8 Å². The summed E-state index contributed by atoms with van der Waals surface area (Å²) in [6.45, 7) is 2.41. The van der Waals surface area contributed by atoms with E-state index in [0.717, 1.165) is 6.42 Å².